The van der Waals surface area contributed by atoms with E-state index in [1.165, 1.54) is 17.0 Å². The summed E-state index contributed by atoms with van der Waals surface area (Å²) in [6.07, 6.45) is 5.50. The number of likely N-dealkylation sites (N-methyl/N-ethyl adjacent to an activating group) is 1. The molecule has 1 amide bonds. The van der Waals surface area contributed by atoms with Gasteiger partial charge in [0.05, 0.1) is 35.7 Å². The minimum absolute atomic E-state index is 0.119. The molecule has 1 aromatic carbocycles. The smallest absolute Gasteiger partial charge is 0.414 e. The fourth-order valence-electron chi connectivity index (χ4n) is 5.13. The Morgan fingerprint density at radius 2 is 1.95 bits per heavy atom. The third kappa shape index (κ3) is 5.31. The van der Waals surface area contributed by atoms with Gasteiger partial charge >= 0.3 is 6.09 Å². The number of amides is 1. The van der Waals surface area contributed by atoms with Gasteiger partial charge in [0, 0.05) is 31.9 Å². The van der Waals surface area contributed by atoms with Gasteiger partial charge in [-0.2, -0.15) is 0 Å². The zero-order chi connectivity index (χ0) is 27.2. The van der Waals surface area contributed by atoms with Crippen LogP contribution in [0.2, 0.25) is 0 Å². The zero-order valence-electron chi connectivity index (χ0n) is 22.5. The lowest BCUT2D eigenvalue weighted by Crippen LogP contribution is -2.41. The molecule has 0 bridgehead atoms. The minimum atomic E-state index is -0.723. The van der Waals surface area contributed by atoms with E-state index < -0.39 is 29.4 Å². The Labute approximate surface area is 221 Å². The van der Waals surface area contributed by atoms with Crippen molar-refractivity contribution in [2.24, 2.45) is 0 Å². The van der Waals surface area contributed by atoms with Gasteiger partial charge in [-0.1, -0.05) is 6.08 Å². The fourth-order valence-corrected chi connectivity index (χ4v) is 5.13. The first-order valence-electron chi connectivity index (χ1n) is 12.9. The van der Waals surface area contributed by atoms with E-state index in [0.29, 0.717) is 36.4 Å². The van der Waals surface area contributed by atoms with Crippen molar-refractivity contribution in [3.8, 4) is 11.3 Å². The Morgan fingerprint density at radius 1 is 1.21 bits per heavy atom. The normalized spacial score (nSPS) is 20.4. The quantitative estimate of drug-likeness (QED) is 0.441. The highest BCUT2D eigenvalue weighted by molar-refractivity contribution is 5.72. The van der Waals surface area contributed by atoms with Gasteiger partial charge in [0.25, 0.3) is 0 Å². The fraction of sp³-hybridized carbons (Fsp3) is 0.448. The van der Waals surface area contributed by atoms with Crippen LogP contribution in [0, 0.1) is 18.6 Å². The van der Waals surface area contributed by atoms with Gasteiger partial charge in [-0.05, 0) is 76.6 Å². The lowest BCUT2D eigenvalue weighted by molar-refractivity contribution is -0.0190. The van der Waals surface area contributed by atoms with Crippen LogP contribution in [0.15, 0.2) is 42.7 Å². The number of imidazole rings is 1. The highest BCUT2D eigenvalue weighted by Gasteiger charge is 2.32. The summed E-state index contributed by atoms with van der Waals surface area (Å²) in [6.45, 7) is 9.45. The van der Waals surface area contributed by atoms with Crippen molar-refractivity contribution in [3.05, 3.63) is 71.2 Å². The van der Waals surface area contributed by atoms with Crippen LogP contribution >= 0.6 is 0 Å². The van der Waals surface area contributed by atoms with Crippen LogP contribution in [-0.2, 0) is 15.9 Å². The monoisotopic (exact) mass is 524 g/mol. The Balaban J connectivity index is 1.53. The molecule has 1 fully saturated rings. The third-order valence-corrected chi connectivity index (χ3v) is 6.89. The maximum Gasteiger partial charge on any atom is 0.414 e. The number of hydrogen-bond donors (Lipinski definition) is 0. The summed E-state index contributed by atoms with van der Waals surface area (Å²) in [5.74, 6) is -1.45. The van der Waals surface area contributed by atoms with Crippen LogP contribution in [0.4, 0.5) is 13.6 Å². The summed E-state index contributed by atoms with van der Waals surface area (Å²) in [6, 6.07) is 5.89. The van der Waals surface area contributed by atoms with E-state index in [9.17, 15) is 4.79 Å². The van der Waals surface area contributed by atoms with E-state index in [1.54, 1.807) is 33.0 Å². The van der Waals surface area contributed by atoms with Crippen LogP contribution in [0.25, 0.3) is 16.9 Å². The number of carbonyl (C=O) groups excluding carboxylic acids is 1. The van der Waals surface area contributed by atoms with Gasteiger partial charge in [0.15, 0.2) is 0 Å². The molecule has 9 heteroatoms. The minimum Gasteiger partial charge on any atom is -0.443 e. The van der Waals surface area contributed by atoms with Crippen LogP contribution < -0.4 is 0 Å². The summed E-state index contributed by atoms with van der Waals surface area (Å²) in [5, 5.41) is 0. The van der Waals surface area contributed by atoms with Gasteiger partial charge < -0.3 is 18.8 Å². The number of fused-ring (bicyclic) bond motifs is 1. The molecule has 2 unspecified atom stereocenters. The first-order chi connectivity index (χ1) is 18.0. The number of carbonyl (C=O) groups is 1. The van der Waals surface area contributed by atoms with Crippen LogP contribution in [0.1, 0.15) is 50.1 Å². The number of halogens is 2. The summed E-state index contributed by atoms with van der Waals surface area (Å²) < 4.78 is 44.9. The summed E-state index contributed by atoms with van der Waals surface area (Å²) in [5.41, 5.74) is 2.08. The maximum absolute atomic E-state index is 15.8. The number of pyridine rings is 1. The Morgan fingerprint density at radius 3 is 2.63 bits per heavy atom. The SMILES string of the molecule is Cc1ccn2c(CC3CN(C)CCO3)c(-c3c(F)cc(C4CC=CN4C(=O)OC(C)(C)C)cc3F)nc2c1. The molecule has 0 saturated carbocycles. The molecule has 38 heavy (non-hydrogen) atoms. The number of nitrogens with zero attached hydrogens (tertiary/aromatic N) is 4. The number of morpholine rings is 1. The zero-order valence-corrected chi connectivity index (χ0v) is 22.5. The molecule has 0 N–H and O–H groups in total. The highest BCUT2D eigenvalue weighted by Crippen LogP contribution is 2.37. The van der Waals surface area contributed by atoms with Gasteiger partial charge in [-0.25, -0.2) is 18.6 Å². The van der Waals surface area contributed by atoms with Crippen LogP contribution in [-0.4, -0.2) is 63.7 Å². The molecule has 0 aliphatic carbocycles. The second kappa shape index (κ2) is 10.1. The molecular weight excluding hydrogens is 490 g/mol. The molecule has 2 atom stereocenters. The van der Waals surface area contributed by atoms with Gasteiger partial charge in [-0.3, -0.25) is 4.90 Å². The predicted molar refractivity (Wildman–Crippen MR) is 141 cm³/mol. The number of ether oxygens (including phenoxy) is 2. The van der Waals surface area contributed by atoms with E-state index in [4.69, 9.17) is 9.47 Å². The number of rotatable bonds is 4. The molecule has 2 aliphatic heterocycles. The molecule has 1 saturated heterocycles. The van der Waals surface area contributed by atoms with Crippen LogP contribution in [0.3, 0.4) is 0 Å². The van der Waals surface area contributed by atoms with E-state index in [1.807, 2.05) is 36.7 Å². The summed E-state index contributed by atoms with van der Waals surface area (Å²) >= 11 is 0. The second-order valence-corrected chi connectivity index (χ2v) is 11.2. The maximum atomic E-state index is 15.8. The molecule has 2 aromatic heterocycles. The van der Waals surface area contributed by atoms with Gasteiger partial charge in [0.1, 0.15) is 22.9 Å². The van der Waals surface area contributed by atoms with E-state index in [2.05, 4.69) is 9.88 Å². The molecule has 0 radical (unpaired) electrons. The molecule has 4 heterocycles. The predicted octanol–water partition coefficient (Wildman–Crippen LogP) is 5.66. The third-order valence-electron chi connectivity index (χ3n) is 6.89. The number of benzene rings is 1. The lowest BCUT2D eigenvalue weighted by Gasteiger charge is -2.30. The van der Waals surface area contributed by atoms with E-state index in [0.717, 1.165) is 18.7 Å². The van der Waals surface area contributed by atoms with Gasteiger partial charge in [0.2, 0.25) is 0 Å². The first kappa shape index (κ1) is 26.3. The second-order valence-electron chi connectivity index (χ2n) is 11.2. The van der Waals surface area contributed by atoms with E-state index >= 15 is 8.78 Å². The topological polar surface area (TPSA) is 59.3 Å². The lowest BCUT2D eigenvalue weighted by atomic mass is 9.98. The standard InChI is InChI=1S/C29H34F2N4O3/c1-18-8-10-34-24(16-20-17-33(5)11-12-37-20)27(32-25(34)13-18)26-21(30)14-19(15-22(26)31)23-7-6-9-35(23)28(36)38-29(2,3)4/h6,8-10,13-15,20,23H,7,11-12,16-17H2,1-5H3. The Bertz CT molecular complexity index is 1370. The number of hydrogen-bond acceptors (Lipinski definition) is 5. The highest BCUT2D eigenvalue weighted by atomic mass is 19.1. The Kier molecular flexibility index (Phi) is 7.00. The van der Waals surface area contributed by atoms with Crippen molar-refractivity contribution in [3.63, 3.8) is 0 Å². The molecule has 0 spiro atoms. The first-order valence-corrected chi connectivity index (χ1v) is 12.9. The molecule has 5 rings (SSSR count). The van der Waals surface area contributed by atoms with E-state index in [-0.39, 0.29) is 17.4 Å². The number of aryl methyl sites for hydroxylation is 1. The van der Waals surface area contributed by atoms with Crippen molar-refractivity contribution in [2.75, 3.05) is 26.7 Å². The average Bonchev–Trinajstić information content (AvgIpc) is 3.43. The molecule has 3 aromatic rings. The molecule has 202 valence electrons. The molecule has 2 aliphatic rings. The van der Waals surface area contributed by atoms with Crippen molar-refractivity contribution in [1.82, 2.24) is 19.2 Å². The van der Waals surface area contributed by atoms with Crippen LogP contribution in [0.5, 0.6) is 0 Å². The summed E-state index contributed by atoms with van der Waals surface area (Å²) in [7, 11) is 2.03. The van der Waals surface area contributed by atoms with Crippen molar-refractivity contribution >= 4 is 11.7 Å². The average molecular weight is 525 g/mol. The summed E-state index contributed by atoms with van der Waals surface area (Å²) in [4.78, 5) is 21.0. The molecule has 7 nitrogen and oxygen atoms in total. The Hall–Kier alpha value is -3.30. The largest absolute Gasteiger partial charge is 0.443 e. The number of aromatic nitrogens is 2. The molecular formula is C29H34F2N4O3. The van der Waals surface area contributed by atoms with Crippen molar-refractivity contribution < 1.29 is 23.0 Å². The van der Waals surface area contributed by atoms with Gasteiger partial charge in [-0.15, -0.1) is 0 Å². The van der Waals surface area contributed by atoms with Crippen molar-refractivity contribution in [2.45, 2.75) is 58.3 Å². The van der Waals surface area contributed by atoms with Crippen molar-refractivity contribution in [1.29, 1.82) is 0 Å².